The summed E-state index contributed by atoms with van der Waals surface area (Å²) in [5.74, 6) is 0. The van der Waals surface area contributed by atoms with Crippen molar-refractivity contribution in [2.75, 3.05) is 0 Å². The first-order chi connectivity index (χ1) is 15.8. The molecule has 33 heavy (non-hydrogen) atoms. The van der Waals surface area contributed by atoms with Crippen molar-refractivity contribution in [3.05, 3.63) is 115 Å². The van der Waals surface area contributed by atoms with Crippen LogP contribution in [-0.2, 0) is 20.1 Å². The summed E-state index contributed by atoms with van der Waals surface area (Å²) in [6.07, 6.45) is 8.28. The Bertz CT molecular complexity index is 1460. The molecule has 6 aromatic rings. The van der Waals surface area contributed by atoms with Crippen LogP contribution >= 0.6 is 0 Å². The largest absolute Gasteiger partial charge is 0.455 e. The molecule has 6 rings (SSSR count). The number of aromatic nitrogens is 3. The van der Waals surface area contributed by atoms with Crippen molar-refractivity contribution in [3.63, 3.8) is 0 Å². The van der Waals surface area contributed by atoms with Crippen molar-refractivity contribution in [1.82, 2.24) is 15.0 Å². The van der Waals surface area contributed by atoms with Gasteiger partial charge in [-0.15, -0.1) is 53.6 Å². The molecule has 0 atom stereocenters. The zero-order chi connectivity index (χ0) is 21.8. The molecule has 163 valence electrons. The van der Waals surface area contributed by atoms with Crippen LogP contribution < -0.4 is 0 Å². The van der Waals surface area contributed by atoms with E-state index in [0.717, 1.165) is 44.5 Å². The van der Waals surface area contributed by atoms with Crippen LogP contribution in [0.5, 0.6) is 0 Å². The minimum atomic E-state index is 0. The van der Waals surface area contributed by atoms with Gasteiger partial charge in [0, 0.05) is 37.1 Å². The Hall–Kier alpha value is -3.66. The molecule has 4 heterocycles. The number of nitrogens with zero attached hydrogens (tertiary/aromatic N) is 3. The third-order valence-corrected chi connectivity index (χ3v) is 5.05. The molecule has 4 aromatic heterocycles. The standard InChI is InChI=1S/C16H9N2O.C12H10N.Ir/c1-2-6-15-12(5-1)13-8-14(18-10-16(13)19-15)11-4-3-7-17-9-11;1-10-7-8-12(13-9-10)11-5-3-2-4-6-11;/h1-8,10H;2-5,7-9H,1H3;/q2*-1;. The maximum absolute atomic E-state index is 5.75. The maximum Gasteiger partial charge on any atom is 0.151 e. The number of aryl methyl sites for hydroxylation is 1. The van der Waals surface area contributed by atoms with Crippen molar-refractivity contribution < 1.29 is 24.5 Å². The zero-order valence-electron chi connectivity index (χ0n) is 17.8. The number of para-hydroxylation sites is 1. The summed E-state index contributed by atoms with van der Waals surface area (Å²) in [5, 5.41) is 2.17. The van der Waals surface area contributed by atoms with Gasteiger partial charge in [0.2, 0.25) is 0 Å². The molecule has 0 aliphatic carbocycles. The molecule has 0 fully saturated rings. The molecule has 0 saturated carbocycles. The van der Waals surface area contributed by atoms with Crippen LogP contribution in [-0.4, -0.2) is 15.0 Å². The number of benzene rings is 2. The Balaban J connectivity index is 0.000000164. The van der Waals surface area contributed by atoms with Crippen LogP contribution in [0.1, 0.15) is 5.56 Å². The summed E-state index contributed by atoms with van der Waals surface area (Å²) in [7, 11) is 0. The molecule has 0 unspecified atom stereocenters. The van der Waals surface area contributed by atoms with E-state index in [1.54, 1.807) is 12.4 Å². The van der Waals surface area contributed by atoms with E-state index < -0.39 is 0 Å². The first-order valence-corrected chi connectivity index (χ1v) is 10.3. The van der Waals surface area contributed by atoms with Gasteiger partial charge in [-0.25, -0.2) is 0 Å². The Kier molecular flexibility index (Phi) is 7.04. The first kappa shape index (κ1) is 22.5. The monoisotopic (exact) mass is 606 g/mol. The minimum absolute atomic E-state index is 0. The van der Waals surface area contributed by atoms with Gasteiger partial charge in [0.15, 0.2) is 5.58 Å². The van der Waals surface area contributed by atoms with E-state index in [1.807, 2.05) is 79.9 Å². The van der Waals surface area contributed by atoms with Crippen molar-refractivity contribution in [3.8, 4) is 22.5 Å². The summed E-state index contributed by atoms with van der Waals surface area (Å²) in [6.45, 7) is 2.03. The molecule has 5 heteroatoms. The van der Waals surface area contributed by atoms with E-state index in [-0.39, 0.29) is 20.1 Å². The Morgan fingerprint density at radius 2 is 1.55 bits per heavy atom. The van der Waals surface area contributed by atoms with Crippen LogP contribution in [0.2, 0.25) is 0 Å². The second-order valence-electron chi connectivity index (χ2n) is 7.32. The van der Waals surface area contributed by atoms with Gasteiger partial charge in [-0.2, -0.15) is 0 Å². The Morgan fingerprint density at radius 1 is 0.727 bits per heavy atom. The van der Waals surface area contributed by atoms with E-state index in [9.17, 15) is 0 Å². The predicted octanol–water partition coefficient (Wildman–Crippen LogP) is 6.70. The average molecular weight is 606 g/mol. The van der Waals surface area contributed by atoms with Gasteiger partial charge in [-0.1, -0.05) is 42.6 Å². The van der Waals surface area contributed by atoms with E-state index in [2.05, 4.69) is 39.3 Å². The van der Waals surface area contributed by atoms with Gasteiger partial charge in [-0.3, -0.25) is 0 Å². The summed E-state index contributed by atoms with van der Waals surface area (Å²) in [4.78, 5) is 12.7. The number of pyridine rings is 3. The number of hydrogen-bond acceptors (Lipinski definition) is 4. The molecule has 4 nitrogen and oxygen atoms in total. The smallest absolute Gasteiger partial charge is 0.151 e. The fraction of sp³-hybridized carbons (Fsp3) is 0.0357. The fourth-order valence-corrected chi connectivity index (χ4v) is 3.43. The number of hydrogen-bond donors (Lipinski definition) is 0. The summed E-state index contributed by atoms with van der Waals surface area (Å²) in [6, 6.07) is 28.9. The third-order valence-electron chi connectivity index (χ3n) is 5.05. The van der Waals surface area contributed by atoms with Crippen molar-refractivity contribution >= 4 is 21.9 Å². The summed E-state index contributed by atoms with van der Waals surface area (Å²) in [5.41, 5.74) is 6.62. The van der Waals surface area contributed by atoms with Crippen LogP contribution in [0.25, 0.3) is 44.5 Å². The van der Waals surface area contributed by atoms with Gasteiger partial charge in [-0.05, 0) is 36.1 Å². The van der Waals surface area contributed by atoms with Gasteiger partial charge < -0.3 is 19.4 Å². The molecule has 0 amide bonds. The molecular weight excluding hydrogens is 587 g/mol. The van der Waals surface area contributed by atoms with Gasteiger partial charge in [0.05, 0.1) is 6.20 Å². The van der Waals surface area contributed by atoms with Crippen LogP contribution in [0.15, 0.2) is 102 Å². The molecule has 0 N–H and O–H groups in total. The summed E-state index contributed by atoms with van der Waals surface area (Å²) < 4.78 is 5.75. The van der Waals surface area contributed by atoms with E-state index >= 15 is 0 Å². The molecule has 0 aliphatic rings. The number of furan rings is 1. The average Bonchev–Trinajstić information content (AvgIpc) is 3.24. The van der Waals surface area contributed by atoms with Crippen molar-refractivity contribution in [2.45, 2.75) is 6.92 Å². The number of fused-ring (bicyclic) bond motifs is 3. The van der Waals surface area contributed by atoms with E-state index in [4.69, 9.17) is 4.42 Å². The second-order valence-corrected chi connectivity index (χ2v) is 7.32. The third kappa shape index (κ3) is 5.06. The predicted molar refractivity (Wildman–Crippen MR) is 127 cm³/mol. The quantitative estimate of drug-likeness (QED) is 0.206. The molecule has 0 aliphatic heterocycles. The summed E-state index contributed by atoms with van der Waals surface area (Å²) >= 11 is 0. The topological polar surface area (TPSA) is 51.8 Å². The maximum atomic E-state index is 5.75. The van der Waals surface area contributed by atoms with Gasteiger partial charge >= 0.3 is 0 Å². The Labute approximate surface area is 205 Å². The molecular formula is C28H19IrN3O-2. The first-order valence-electron chi connectivity index (χ1n) is 10.3. The van der Waals surface area contributed by atoms with Crippen molar-refractivity contribution in [2.24, 2.45) is 0 Å². The van der Waals surface area contributed by atoms with E-state index in [0.29, 0.717) is 0 Å². The van der Waals surface area contributed by atoms with Crippen molar-refractivity contribution in [1.29, 1.82) is 0 Å². The Morgan fingerprint density at radius 3 is 2.30 bits per heavy atom. The van der Waals surface area contributed by atoms with Gasteiger partial charge in [0.1, 0.15) is 5.58 Å². The molecule has 0 bridgehead atoms. The minimum Gasteiger partial charge on any atom is -0.455 e. The zero-order valence-corrected chi connectivity index (χ0v) is 20.2. The van der Waals surface area contributed by atoms with Crippen LogP contribution in [0.4, 0.5) is 0 Å². The molecule has 0 spiro atoms. The normalized spacial score (nSPS) is 10.3. The molecule has 2 aromatic carbocycles. The van der Waals surface area contributed by atoms with E-state index in [1.165, 1.54) is 5.56 Å². The molecule has 0 saturated heterocycles. The van der Waals surface area contributed by atoms with Gasteiger partial charge in [0.25, 0.3) is 0 Å². The second kappa shape index (κ2) is 10.3. The number of rotatable bonds is 2. The van der Waals surface area contributed by atoms with Crippen LogP contribution in [0.3, 0.4) is 0 Å². The fourth-order valence-electron chi connectivity index (χ4n) is 3.43. The van der Waals surface area contributed by atoms with Crippen LogP contribution in [0, 0.1) is 19.2 Å². The SMILES string of the molecule is Cc1ccc(-c2[c-]cccc2)nc1.[Ir].[c-]1ncccc1-c1cc2c(cn1)oc1ccccc12. The molecule has 1 radical (unpaired) electrons.